The molecule has 1 atom stereocenters. The average molecular weight is 207 g/mol. The van der Waals surface area contributed by atoms with E-state index in [2.05, 4.69) is 21.5 Å². The highest BCUT2D eigenvalue weighted by atomic mass is 15.3. The first kappa shape index (κ1) is 11.7. The number of hydrogen-bond acceptors (Lipinski definition) is 4. The van der Waals surface area contributed by atoms with E-state index in [1.165, 1.54) is 0 Å². The molecule has 0 saturated heterocycles. The van der Waals surface area contributed by atoms with Gasteiger partial charge in [-0.1, -0.05) is 6.92 Å². The molecular formula is C10H17N5. The Balaban J connectivity index is 2.49. The molecule has 1 heterocycles. The molecular weight excluding hydrogens is 190 g/mol. The van der Waals surface area contributed by atoms with Gasteiger partial charge in [-0.3, -0.25) is 4.68 Å². The van der Waals surface area contributed by atoms with E-state index in [4.69, 9.17) is 5.26 Å². The largest absolute Gasteiger partial charge is 0.302 e. The smallest absolute Gasteiger partial charge is 0.147 e. The van der Waals surface area contributed by atoms with Crippen LogP contribution in [0.3, 0.4) is 0 Å². The van der Waals surface area contributed by atoms with Crippen molar-refractivity contribution in [3.63, 3.8) is 0 Å². The summed E-state index contributed by atoms with van der Waals surface area (Å²) in [5.41, 5.74) is 0. The minimum Gasteiger partial charge on any atom is -0.302 e. The second kappa shape index (κ2) is 5.47. The molecule has 1 rings (SSSR count). The van der Waals surface area contributed by atoms with Crippen LogP contribution in [0.5, 0.6) is 0 Å². The zero-order chi connectivity index (χ0) is 11.3. The molecule has 82 valence electrons. The molecule has 0 fully saturated rings. The summed E-state index contributed by atoms with van der Waals surface area (Å²) in [6, 6.07) is 2.13. The summed E-state index contributed by atoms with van der Waals surface area (Å²) < 4.78 is 1.84. The SMILES string of the molecule is CCNC(C#N)CCn1nc(C)nc1C. The number of hydrogen-bond donors (Lipinski definition) is 1. The molecule has 15 heavy (non-hydrogen) atoms. The molecule has 0 saturated carbocycles. The monoisotopic (exact) mass is 207 g/mol. The van der Waals surface area contributed by atoms with Gasteiger partial charge in [-0.05, 0) is 26.8 Å². The lowest BCUT2D eigenvalue weighted by atomic mass is 10.2. The van der Waals surface area contributed by atoms with Crippen molar-refractivity contribution in [2.24, 2.45) is 0 Å². The fourth-order valence-corrected chi connectivity index (χ4v) is 1.48. The average Bonchev–Trinajstić information content (AvgIpc) is 2.52. The Kier molecular flexibility index (Phi) is 4.25. The molecule has 0 aliphatic rings. The highest BCUT2D eigenvalue weighted by Crippen LogP contribution is 2.00. The van der Waals surface area contributed by atoms with E-state index in [0.717, 1.165) is 31.2 Å². The van der Waals surface area contributed by atoms with Gasteiger partial charge in [0.15, 0.2) is 0 Å². The quantitative estimate of drug-likeness (QED) is 0.775. The van der Waals surface area contributed by atoms with Gasteiger partial charge in [0.2, 0.25) is 0 Å². The van der Waals surface area contributed by atoms with Crippen molar-refractivity contribution < 1.29 is 0 Å². The van der Waals surface area contributed by atoms with Crippen molar-refractivity contribution in [3.05, 3.63) is 11.6 Å². The van der Waals surface area contributed by atoms with Gasteiger partial charge in [0, 0.05) is 6.54 Å². The molecule has 5 nitrogen and oxygen atoms in total. The molecule has 0 amide bonds. The van der Waals surface area contributed by atoms with Crippen LogP contribution in [0.1, 0.15) is 25.0 Å². The molecule has 1 aromatic heterocycles. The van der Waals surface area contributed by atoms with E-state index >= 15 is 0 Å². The van der Waals surface area contributed by atoms with E-state index < -0.39 is 0 Å². The predicted molar refractivity (Wildman–Crippen MR) is 57.2 cm³/mol. The minimum atomic E-state index is -0.0982. The Hall–Kier alpha value is -1.41. The van der Waals surface area contributed by atoms with Gasteiger partial charge in [-0.15, -0.1) is 0 Å². The first-order chi connectivity index (χ1) is 7.17. The summed E-state index contributed by atoms with van der Waals surface area (Å²) in [7, 11) is 0. The van der Waals surface area contributed by atoms with E-state index in [9.17, 15) is 0 Å². The highest BCUT2D eigenvalue weighted by Gasteiger charge is 2.07. The fourth-order valence-electron chi connectivity index (χ4n) is 1.48. The highest BCUT2D eigenvalue weighted by molar-refractivity contribution is 4.91. The number of aromatic nitrogens is 3. The standard InChI is InChI=1S/C10H17N5/c1-4-12-10(7-11)5-6-15-9(3)13-8(2)14-15/h10,12H,4-6H2,1-3H3. The van der Waals surface area contributed by atoms with Crippen LogP contribution in [0.25, 0.3) is 0 Å². The number of rotatable bonds is 5. The second-order valence-corrected chi connectivity index (χ2v) is 3.46. The van der Waals surface area contributed by atoms with E-state index in [1.54, 1.807) is 0 Å². The van der Waals surface area contributed by atoms with Crippen molar-refractivity contribution in [2.45, 2.75) is 39.8 Å². The van der Waals surface area contributed by atoms with Crippen LogP contribution in [0.2, 0.25) is 0 Å². The van der Waals surface area contributed by atoms with Crippen molar-refractivity contribution in [1.29, 1.82) is 5.26 Å². The van der Waals surface area contributed by atoms with Gasteiger partial charge in [0.25, 0.3) is 0 Å². The Morgan fingerprint density at radius 1 is 1.53 bits per heavy atom. The van der Waals surface area contributed by atoms with Crippen LogP contribution in [0.4, 0.5) is 0 Å². The molecule has 0 bridgehead atoms. The molecule has 0 radical (unpaired) electrons. The lowest BCUT2D eigenvalue weighted by molar-refractivity contribution is 0.493. The number of nitriles is 1. The third kappa shape index (κ3) is 3.33. The van der Waals surface area contributed by atoms with Gasteiger partial charge in [0.1, 0.15) is 11.6 Å². The van der Waals surface area contributed by atoms with Crippen LogP contribution in [-0.2, 0) is 6.54 Å². The van der Waals surface area contributed by atoms with E-state index in [1.807, 2.05) is 25.5 Å². The van der Waals surface area contributed by atoms with Gasteiger partial charge in [0.05, 0.1) is 12.1 Å². The Bertz CT molecular complexity index is 349. The molecule has 1 unspecified atom stereocenters. The number of nitrogens with zero attached hydrogens (tertiary/aromatic N) is 4. The zero-order valence-corrected chi connectivity index (χ0v) is 9.49. The molecule has 0 aliphatic heterocycles. The minimum absolute atomic E-state index is 0.0982. The van der Waals surface area contributed by atoms with Crippen LogP contribution in [0.15, 0.2) is 0 Å². The van der Waals surface area contributed by atoms with Crippen LogP contribution in [-0.4, -0.2) is 27.4 Å². The van der Waals surface area contributed by atoms with Crippen molar-refractivity contribution in [3.8, 4) is 6.07 Å². The van der Waals surface area contributed by atoms with Crippen LogP contribution < -0.4 is 5.32 Å². The summed E-state index contributed by atoms with van der Waals surface area (Å²) in [6.07, 6.45) is 0.758. The van der Waals surface area contributed by atoms with Gasteiger partial charge >= 0.3 is 0 Å². The van der Waals surface area contributed by atoms with Gasteiger partial charge < -0.3 is 5.32 Å². The number of aryl methyl sites for hydroxylation is 3. The van der Waals surface area contributed by atoms with Crippen molar-refractivity contribution >= 4 is 0 Å². The topological polar surface area (TPSA) is 66.5 Å². The summed E-state index contributed by atoms with van der Waals surface area (Å²) >= 11 is 0. The fraction of sp³-hybridized carbons (Fsp3) is 0.700. The molecule has 1 N–H and O–H groups in total. The normalized spacial score (nSPS) is 12.4. The summed E-state index contributed by atoms with van der Waals surface area (Å²) in [5.74, 6) is 1.69. The second-order valence-electron chi connectivity index (χ2n) is 3.46. The van der Waals surface area contributed by atoms with Gasteiger partial charge in [-0.25, -0.2) is 4.98 Å². The van der Waals surface area contributed by atoms with Crippen LogP contribution >= 0.6 is 0 Å². The maximum atomic E-state index is 8.85. The van der Waals surface area contributed by atoms with Crippen molar-refractivity contribution in [2.75, 3.05) is 6.54 Å². The maximum absolute atomic E-state index is 8.85. The van der Waals surface area contributed by atoms with E-state index in [-0.39, 0.29) is 6.04 Å². The lowest BCUT2D eigenvalue weighted by Crippen LogP contribution is -2.28. The molecule has 1 aromatic rings. The zero-order valence-electron chi connectivity index (χ0n) is 9.49. The predicted octanol–water partition coefficient (Wildman–Crippen LogP) is 0.787. The molecule has 0 aliphatic carbocycles. The summed E-state index contributed by atoms with van der Waals surface area (Å²) in [4.78, 5) is 4.21. The Labute approximate surface area is 90.1 Å². The molecule has 0 aromatic carbocycles. The van der Waals surface area contributed by atoms with E-state index in [0.29, 0.717) is 0 Å². The third-order valence-electron chi connectivity index (χ3n) is 2.20. The maximum Gasteiger partial charge on any atom is 0.147 e. The molecule has 5 heteroatoms. The first-order valence-corrected chi connectivity index (χ1v) is 5.18. The number of nitrogens with one attached hydrogen (secondary N) is 1. The summed E-state index contributed by atoms with van der Waals surface area (Å²) in [6.45, 7) is 7.34. The van der Waals surface area contributed by atoms with Gasteiger partial charge in [-0.2, -0.15) is 10.4 Å². The lowest BCUT2D eigenvalue weighted by Gasteiger charge is -2.09. The Morgan fingerprint density at radius 3 is 2.73 bits per heavy atom. The Morgan fingerprint density at radius 2 is 2.27 bits per heavy atom. The van der Waals surface area contributed by atoms with Crippen LogP contribution in [0, 0.1) is 25.2 Å². The third-order valence-corrected chi connectivity index (χ3v) is 2.20. The summed E-state index contributed by atoms with van der Waals surface area (Å²) in [5, 5.41) is 16.2. The van der Waals surface area contributed by atoms with Crippen molar-refractivity contribution in [1.82, 2.24) is 20.1 Å². The first-order valence-electron chi connectivity index (χ1n) is 5.18. The molecule has 0 spiro atoms.